The van der Waals surface area contributed by atoms with E-state index in [2.05, 4.69) is 43.6 Å². The molecule has 2 atom stereocenters. The topological polar surface area (TPSA) is 12.0 Å². The summed E-state index contributed by atoms with van der Waals surface area (Å²) in [6.07, 6.45) is 8.04. The van der Waals surface area contributed by atoms with Crippen LogP contribution in [0.1, 0.15) is 56.1 Å². The van der Waals surface area contributed by atoms with Crippen molar-refractivity contribution in [2.75, 3.05) is 13.6 Å². The van der Waals surface area contributed by atoms with Crippen LogP contribution in [0.3, 0.4) is 0 Å². The summed E-state index contributed by atoms with van der Waals surface area (Å²) < 4.78 is 0. The average molecular weight is 245 g/mol. The first kappa shape index (κ1) is 13.6. The third-order valence-electron chi connectivity index (χ3n) is 4.32. The molecule has 0 spiro atoms. The molecule has 1 saturated carbocycles. The van der Waals surface area contributed by atoms with Crippen LogP contribution in [0, 0.1) is 5.92 Å². The lowest BCUT2D eigenvalue weighted by atomic mass is 9.75. The first-order valence-corrected chi connectivity index (χ1v) is 7.58. The van der Waals surface area contributed by atoms with Gasteiger partial charge in [0, 0.05) is 0 Å². The molecule has 1 aromatic rings. The van der Waals surface area contributed by atoms with Gasteiger partial charge in [0.1, 0.15) is 0 Å². The van der Waals surface area contributed by atoms with Crippen LogP contribution in [-0.2, 0) is 6.42 Å². The van der Waals surface area contributed by atoms with Crippen LogP contribution in [0.25, 0.3) is 0 Å². The Morgan fingerprint density at radius 1 is 1.11 bits per heavy atom. The van der Waals surface area contributed by atoms with Gasteiger partial charge in [0.05, 0.1) is 0 Å². The van der Waals surface area contributed by atoms with E-state index in [1.165, 1.54) is 50.6 Å². The van der Waals surface area contributed by atoms with Gasteiger partial charge in [-0.2, -0.15) is 0 Å². The summed E-state index contributed by atoms with van der Waals surface area (Å²) in [6, 6.07) is 9.43. The van der Waals surface area contributed by atoms with Gasteiger partial charge >= 0.3 is 0 Å². The zero-order valence-electron chi connectivity index (χ0n) is 11.9. The van der Waals surface area contributed by atoms with Crippen molar-refractivity contribution in [1.29, 1.82) is 0 Å². The first-order valence-electron chi connectivity index (χ1n) is 7.58. The molecule has 1 aliphatic carbocycles. The number of aryl methyl sites for hydroxylation is 1. The Bertz CT molecular complexity index is 339. The van der Waals surface area contributed by atoms with Crippen molar-refractivity contribution in [3.05, 3.63) is 35.4 Å². The van der Waals surface area contributed by atoms with Crippen LogP contribution in [0.5, 0.6) is 0 Å². The van der Waals surface area contributed by atoms with Crippen LogP contribution in [0.15, 0.2) is 24.3 Å². The Morgan fingerprint density at radius 3 is 2.50 bits per heavy atom. The predicted molar refractivity (Wildman–Crippen MR) is 79.1 cm³/mol. The Hall–Kier alpha value is -0.820. The lowest BCUT2D eigenvalue weighted by Crippen LogP contribution is -2.27. The molecule has 2 rings (SSSR count). The van der Waals surface area contributed by atoms with Gasteiger partial charge in [-0.25, -0.2) is 0 Å². The van der Waals surface area contributed by atoms with Crippen LogP contribution in [0.2, 0.25) is 0 Å². The van der Waals surface area contributed by atoms with Gasteiger partial charge in [-0.3, -0.25) is 0 Å². The zero-order valence-corrected chi connectivity index (χ0v) is 11.9. The lowest BCUT2D eigenvalue weighted by Gasteiger charge is -2.32. The summed E-state index contributed by atoms with van der Waals surface area (Å²) >= 11 is 0. The van der Waals surface area contributed by atoms with Crippen molar-refractivity contribution in [1.82, 2.24) is 5.32 Å². The van der Waals surface area contributed by atoms with E-state index in [4.69, 9.17) is 0 Å². The molecule has 0 radical (unpaired) electrons. The van der Waals surface area contributed by atoms with Crippen molar-refractivity contribution in [3.63, 3.8) is 0 Å². The van der Waals surface area contributed by atoms with Crippen molar-refractivity contribution in [3.8, 4) is 0 Å². The van der Waals surface area contributed by atoms with Crippen molar-refractivity contribution >= 4 is 0 Å². The van der Waals surface area contributed by atoms with Gasteiger partial charge in [-0.1, -0.05) is 50.5 Å². The van der Waals surface area contributed by atoms with Crippen molar-refractivity contribution < 1.29 is 0 Å². The SMILES string of the molecule is CCCc1ccc(C2CCCCC2CNC)cc1. The second-order valence-corrected chi connectivity index (χ2v) is 5.70. The van der Waals surface area contributed by atoms with E-state index in [0.29, 0.717) is 0 Å². The van der Waals surface area contributed by atoms with E-state index in [1.54, 1.807) is 5.56 Å². The minimum atomic E-state index is 0.780. The maximum Gasteiger partial charge on any atom is -0.00177 e. The molecule has 1 fully saturated rings. The second kappa shape index (κ2) is 6.94. The number of nitrogens with one attached hydrogen (secondary N) is 1. The molecule has 1 nitrogen and oxygen atoms in total. The fourth-order valence-corrected chi connectivity index (χ4v) is 3.37. The molecule has 0 aromatic heterocycles. The van der Waals surface area contributed by atoms with Crippen LogP contribution in [-0.4, -0.2) is 13.6 Å². The van der Waals surface area contributed by atoms with Crippen LogP contribution in [0.4, 0.5) is 0 Å². The Balaban J connectivity index is 2.07. The van der Waals surface area contributed by atoms with E-state index in [1.807, 2.05) is 0 Å². The molecule has 1 N–H and O–H groups in total. The molecule has 1 heteroatoms. The van der Waals surface area contributed by atoms with E-state index in [-0.39, 0.29) is 0 Å². The van der Waals surface area contributed by atoms with Gasteiger partial charge in [0.2, 0.25) is 0 Å². The maximum atomic E-state index is 3.37. The van der Waals surface area contributed by atoms with Crippen LogP contribution >= 0.6 is 0 Å². The lowest BCUT2D eigenvalue weighted by molar-refractivity contribution is 0.301. The summed E-state index contributed by atoms with van der Waals surface area (Å²) in [4.78, 5) is 0. The maximum absolute atomic E-state index is 3.37. The molecule has 0 aliphatic heterocycles. The first-order chi connectivity index (χ1) is 8.85. The van der Waals surface area contributed by atoms with E-state index in [0.717, 1.165) is 11.8 Å². The number of hydrogen-bond donors (Lipinski definition) is 1. The van der Waals surface area contributed by atoms with Gasteiger partial charge in [-0.05, 0) is 55.8 Å². The molecule has 18 heavy (non-hydrogen) atoms. The zero-order chi connectivity index (χ0) is 12.8. The van der Waals surface area contributed by atoms with E-state index >= 15 is 0 Å². The van der Waals surface area contributed by atoms with Crippen molar-refractivity contribution in [2.45, 2.75) is 51.4 Å². The summed E-state index contributed by atoms with van der Waals surface area (Å²) in [7, 11) is 2.08. The molecule has 100 valence electrons. The van der Waals surface area contributed by atoms with Crippen molar-refractivity contribution in [2.24, 2.45) is 5.92 Å². The molecule has 0 saturated heterocycles. The van der Waals surface area contributed by atoms with Gasteiger partial charge < -0.3 is 5.32 Å². The quantitative estimate of drug-likeness (QED) is 0.822. The fourth-order valence-electron chi connectivity index (χ4n) is 3.37. The fraction of sp³-hybridized carbons (Fsp3) is 0.647. The van der Waals surface area contributed by atoms with Gasteiger partial charge in [-0.15, -0.1) is 0 Å². The van der Waals surface area contributed by atoms with Crippen LogP contribution < -0.4 is 5.32 Å². The number of benzene rings is 1. The second-order valence-electron chi connectivity index (χ2n) is 5.70. The monoisotopic (exact) mass is 245 g/mol. The van der Waals surface area contributed by atoms with E-state index in [9.17, 15) is 0 Å². The summed E-state index contributed by atoms with van der Waals surface area (Å²) in [5.41, 5.74) is 3.05. The highest BCUT2D eigenvalue weighted by Gasteiger charge is 2.25. The summed E-state index contributed by atoms with van der Waals surface area (Å²) in [5.74, 6) is 1.61. The third-order valence-corrected chi connectivity index (χ3v) is 4.32. The molecule has 1 aromatic carbocycles. The molecular weight excluding hydrogens is 218 g/mol. The highest BCUT2D eigenvalue weighted by molar-refractivity contribution is 5.26. The molecule has 0 heterocycles. The Kier molecular flexibility index (Phi) is 5.25. The summed E-state index contributed by atoms with van der Waals surface area (Å²) in [6.45, 7) is 3.42. The standard InChI is InChI=1S/C17H27N/c1-3-6-14-9-11-15(12-10-14)17-8-5-4-7-16(17)13-18-2/h9-12,16-18H,3-8,13H2,1-2H3. The molecule has 1 aliphatic rings. The predicted octanol–water partition coefficient (Wildman–Crippen LogP) is 4.13. The highest BCUT2D eigenvalue weighted by Crippen LogP contribution is 2.37. The number of hydrogen-bond acceptors (Lipinski definition) is 1. The molecule has 2 unspecified atom stereocenters. The minimum absolute atomic E-state index is 0.780. The Morgan fingerprint density at radius 2 is 1.83 bits per heavy atom. The molecule has 0 bridgehead atoms. The molecule has 0 amide bonds. The van der Waals surface area contributed by atoms with E-state index < -0.39 is 0 Å². The van der Waals surface area contributed by atoms with Gasteiger partial charge in [0.15, 0.2) is 0 Å². The smallest absolute Gasteiger partial charge is 0.00177 e. The Labute approximate surface area is 112 Å². The highest BCUT2D eigenvalue weighted by atomic mass is 14.8. The minimum Gasteiger partial charge on any atom is -0.319 e. The molecular formula is C17H27N. The van der Waals surface area contributed by atoms with Gasteiger partial charge in [0.25, 0.3) is 0 Å². The summed E-state index contributed by atoms with van der Waals surface area (Å²) in [5, 5.41) is 3.37. The normalized spacial score (nSPS) is 24.1. The third kappa shape index (κ3) is 3.35. The number of rotatable bonds is 5. The largest absolute Gasteiger partial charge is 0.319 e. The average Bonchev–Trinajstić information content (AvgIpc) is 2.41.